The third-order valence-electron chi connectivity index (χ3n) is 2.63. The molecule has 0 radical (unpaired) electrons. The van der Waals surface area contributed by atoms with Gasteiger partial charge < -0.3 is 0 Å². The summed E-state index contributed by atoms with van der Waals surface area (Å²) in [5.41, 5.74) is 8.74. The Kier molecular flexibility index (Phi) is 3.74. The van der Waals surface area contributed by atoms with Crippen molar-refractivity contribution in [2.75, 3.05) is 0 Å². The number of hydrogen-bond donors (Lipinski definition) is 0. The highest BCUT2D eigenvalue weighted by molar-refractivity contribution is 6.12. The molecule has 0 unspecified atom stereocenters. The summed E-state index contributed by atoms with van der Waals surface area (Å²) in [6, 6.07) is 12.0. The topological polar surface area (TPSA) is 109 Å². The summed E-state index contributed by atoms with van der Waals surface area (Å²) in [5.74, 6) is -0.358. The van der Waals surface area contributed by atoms with Gasteiger partial charge in [0.25, 0.3) is 5.69 Å². The number of azide groups is 1. The summed E-state index contributed by atoms with van der Waals surface area (Å²) in [4.78, 5) is 24.9. The van der Waals surface area contributed by atoms with Gasteiger partial charge in [0, 0.05) is 28.2 Å². The van der Waals surface area contributed by atoms with Crippen molar-refractivity contribution in [3.8, 4) is 0 Å². The molecule has 0 aliphatic rings. The van der Waals surface area contributed by atoms with Crippen LogP contribution in [0.5, 0.6) is 0 Å². The Morgan fingerprint density at radius 2 is 1.90 bits per heavy atom. The van der Waals surface area contributed by atoms with E-state index in [1.165, 1.54) is 12.1 Å². The first kappa shape index (κ1) is 13.3. The Hall–Kier alpha value is -3.18. The van der Waals surface area contributed by atoms with Crippen molar-refractivity contribution >= 4 is 17.2 Å². The molecule has 0 heterocycles. The Morgan fingerprint density at radius 3 is 2.50 bits per heavy atom. The fourth-order valence-electron chi connectivity index (χ4n) is 1.70. The molecule has 0 N–H and O–H groups in total. The molecule has 0 saturated carbocycles. The number of nitro benzene ring substituents is 1. The van der Waals surface area contributed by atoms with Crippen molar-refractivity contribution in [2.45, 2.75) is 0 Å². The van der Waals surface area contributed by atoms with Gasteiger partial charge in [-0.25, -0.2) is 0 Å². The quantitative estimate of drug-likeness (QED) is 0.210. The number of rotatable bonds is 4. The molecule has 2 aromatic rings. The van der Waals surface area contributed by atoms with Crippen LogP contribution in [0.15, 0.2) is 53.6 Å². The number of benzene rings is 2. The Morgan fingerprint density at radius 1 is 1.20 bits per heavy atom. The summed E-state index contributed by atoms with van der Waals surface area (Å²) in [5, 5.41) is 14.0. The minimum Gasteiger partial charge on any atom is -0.289 e. The third-order valence-corrected chi connectivity index (χ3v) is 2.63. The molecule has 2 rings (SSSR count). The number of ketones is 1. The van der Waals surface area contributed by atoms with Crippen LogP contribution in [0.1, 0.15) is 15.9 Å². The van der Waals surface area contributed by atoms with E-state index in [1.54, 1.807) is 30.3 Å². The van der Waals surface area contributed by atoms with Gasteiger partial charge in [-0.3, -0.25) is 14.9 Å². The molecule has 20 heavy (non-hydrogen) atoms. The highest BCUT2D eigenvalue weighted by Crippen LogP contribution is 2.27. The van der Waals surface area contributed by atoms with Crippen LogP contribution in [0, 0.1) is 10.1 Å². The zero-order chi connectivity index (χ0) is 14.5. The highest BCUT2D eigenvalue weighted by atomic mass is 16.6. The van der Waals surface area contributed by atoms with Gasteiger partial charge in [-0.2, -0.15) is 0 Å². The maximum absolute atomic E-state index is 12.3. The summed E-state index contributed by atoms with van der Waals surface area (Å²) in [6.07, 6.45) is 0. The molecule has 7 nitrogen and oxygen atoms in total. The van der Waals surface area contributed by atoms with Crippen LogP contribution in [0.2, 0.25) is 0 Å². The second-order valence-corrected chi connectivity index (χ2v) is 3.84. The Bertz CT molecular complexity index is 722. The number of carbonyl (C=O) groups is 1. The summed E-state index contributed by atoms with van der Waals surface area (Å²) in [6.45, 7) is 0. The van der Waals surface area contributed by atoms with E-state index >= 15 is 0 Å². The van der Waals surface area contributed by atoms with Crippen LogP contribution in [-0.2, 0) is 0 Å². The van der Waals surface area contributed by atoms with Crippen molar-refractivity contribution in [3.05, 3.63) is 80.2 Å². The van der Waals surface area contributed by atoms with Gasteiger partial charge in [0.05, 0.1) is 10.6 Å². The van der Waals surface area contributed by atoms with E-state index in [-0.39, 0.29) is 22.7 Å². The van der Waals surface area contributed by atoms with Crippen LogP contribution in [0.25, 0.3) is 10.4 Å². The molecule has 2 aromatic carbocycles. The second-order valence-electron chi connectivity index (χ2n) is 3.84. The van der Waals surface area contributed by atoms with Gasteiger partial charge in [0.1, 0.15) is 0 Å². The predicted octanol–water partition coefficient (Wildman–Crippen LogP) is 3.77. The largest absolute Gasteiger partial charge is 0.289 e. The molecule has 0 atom stereocenters. The van der Waals surface area contributed by atoms with Gasteiger partial charge in [0.2, 0.25) is 0 Å². The van der Waals surface area contributed by atoms with E-state index in [0.29, 0.717) is 5.56 Å². The fraction of sp³-hybridized carbons (Fsp3) is 0. The smallest absolute Gasteiger partial charge is 0.269 e. The van der Waals surface area contributed by atoms with Crippen LogP contribution in [0.3, 0.4) is 0 Å². The number of nitro groups is 1. The van der Waals surface area contributed by atoms with Crippen molar-refractivity contribution in [1.29, 1.82) is 0 Å². The molecule has 0 aliphatic carbocycles. The van der Waals surface area contributed by atoms with Gasteiger partial charge in [-0.15, -0.1) is 0 Å². The van der Waals surface area contributed by atoms with Crippen molar-refractivity contribution in [2.24, 2.45) is 5.11 Å². The van der Waals surface area contributed by atoms with Crippen molar-refractivity contribution < 1.29 is 9.72 Å². The lowest BCUT2D eigenvalue weighted by atomic mass is 10.0. The van der Waals surface area contributed by atoms with Crippen LogP contribution >= 0.6 is 0 Å². The first-order valence-electron chi connectivity index (χ1n) is 5.57. The van der Waals surface area contributed by atoms with Crippen LogP contribution < -0.4 is 0 Å². The van der Waals surface area contributed by atoms with E-state index in [9.17, 15) is 14.9 Å². The summed E-state index contributed by atoms with van der Waals surface area (Å²) in [7, 11) is 0. The number of non-ortho nitro benzene ring substituents is 1. The second kappa shape index (κ2) is 5.64. The zero-order valence-electron chi connectivity index (χ0n) is 10.1. The first-order valence-corrected chi connectivity index (χ1v) is 5.57. The SMILES string of the molecule is [N-]=[N+]=Nc1cc([N+](=O)[O-])ccc1C(=O)c1ccccc1. The van der Waals surface area contributed by atoms with Gasteiger partial charge in [0.15, 0.2) is 5.78 Å². The molecule has 0 spiro atoms. The molecule has 0 aliphatic heterocycles. The monoisotopic (exact) mass is 268 g/mol. The normalized spacial score (nSPS) is 9.60. The van der Waals surface area contributed by atoms with Crippen LogP contribution in [-0.4, -0.2) is 10.7 Å². The summed E-state index contributed by atoms with van der Waals surface area (Å²) < 4.78 is 0. The van der Waals surface area contributed by atoms with E-state index in [1.807, 2.05) is 0 Å². The molecule has 98 valence electrons. The zero-order valence-corrected chi connectivity index (χ0v) is 10.1. The lowest BCUT2D eigenvalue weighted by Crippen LogP contribution is -2.01. The molecule has 0 bridgehead atoms. The third kappa shape index (κ3) is 2.63. The van der Waals surface area contributed by atoms with Gasteiger partial charge in [-0.1, -0.05) is 35.4 Å². The molecular formula is C13H8N4O3. The fourth-order valence-corrected chi connectivity index (χ4v) is 1.70. The molecule has 0 fully saturated rings. The number of hydrogen-bond acceptors (Lipinski definition) is 4. The first-order chi connectivity index (χ1) is 9.63. The van der Waals surface area contributed by atoms with E-state index in [2.05, 4.69) is 10.0 Å². The lowest BCUT2D eigenvalue weighted by molar-refractivity contribution is -0.384. The molecule has 7 heteroatoms. The molecule has 0 saturated heterocycles. The van der Waals surface area contributed by atoms with Crippen LogP contribution in [0.4, 0.5) is 11.4 Å². The average molecular weight is 268 g/mol. The van der Waals surface area contributed by atoms with Gasteiger partial charge >= 0.3 is 0 Å². The van der Waals surface area contributed by atoms with E-state index in [4.69, 9.17) is 5.53 Å². The standard InChI is InChI=1S/C13H8N4O3/c14-16-15-12-8-10(17(19)20)6-7-11(12)13(18)9-4-2-1-3-5-9/h1-8H. The maximum Gasteiger partial charge on any atom is 0.269 e. The van der Waals surface area contributed by atoms with Crippen molar-refractivity contribution in [3.63, 3.8) is 0 Å². The summed E-state index contributed by atoms with van der Waals surface area (Å²) >= 11 is 0. The molecule has 0 aromatic heterocycles. The van der Waals surface area contributed by atoms with E-state index < -0.39 is 4.92 Å². The maximum atomic E-state index is 12.3. The van der Waals surface area contributed by atoms with E-state index in [0.717, 1.165) is 6.07 Å². The number of nitrogens with zero attached hydrogens (tertiary/aromatic N) is 4. The minimum absolute atomic E-state index is 0.0597. The Balaban J connectivity index is 2.54. The lowest BCUT2D eigenvalue weighted by Gasteiger charge is -2.04. The predicted molar refractivity (Wildman–Crippen MR) is 71.8 cm³/mol. The number of carbonyl (C=O) groups excluding carboxylic acids is 1. The Labute approximate surface area is 113 Å². The highest BCUT2D eigenvalue weighted by Gasteiger charge is 2.16. The average Bonchev–Trinajstić information content (AvgIpc) is 2.47. The molecule has 0 amide bonds. The minimum atomic E-state index is -0.618. The molecular weight excluding hydrogens is 260 g/mol. The van der Waals surface area contributed by atoms with Crippen molar-refractivity contribution in [1.82, 2.24) is 0 Å². The van der Waals surface area contributed by atoms with Gasteiger partial charge in [-0.05, 0) is 11.6 Å².